The van der Waals surface area contributed by atoms with Gasteiger partial charge in [0, 0.05) is 12.0 Å². The summed E-state index contributed by atoms with van der Waals surface area (Å²) < 4.78 is 73.0. The average Bonchev–Trinajstić information content (AvgIpc) is 2.23. The van der Waals surface area contributed by atoms with Gasteiger partial charge in [-0.25, -0.2) is 0 Å². The van der Waals surface area contributed by atoms with Crippen LogP contribution in [0, 0.1) is 6.92 Å². The summed E-state index contributed by atoms with van der Waals surface area (Å²) in [6, 6.07) is 2.35. The number of carbonyl (C=O) groups excluding carboxylic acids is 1. The van der Waals surface area contributed by atoms with Gasteiger partial charge in [-0.15, -0.1) is 0 Å². The van der Waals surface area contributed by atoms with E-state index in [1.165, 1.54) is 6.92 Å². The molecule has 1 rings (SSSR count). The predicted octanol–water partition coefficient (Wildman–Crippen LogP) is 4.54. The molecule has 0 aliphatic rings. The van der Waals surface area contributed by atoms with Gasteiger partial charge in [0.05, 0.1) is 12.0 Å². The van der Waals surface area contributed by atoms with Crippen LogP contribution in [0.2, 0.25) is 0 Å². The van der Waals surface area contributed by atoms with Crippen LogP contribution in [0.15, 0.2) is 18.2 Å². The Balaban J connectivity index is 2.88. The van der Waals surface area contributed by atoms with Crippen molar-refractivity contribution in [1.29, 1.82) is 0 Å². The van der Waals surface area contributed by atoms with Crippen LogP contribution in [0.25, 0.3) is 0 Å². The number of carbonyl (C=O) groups is 1. The Morgan fingerprint density at radius 3 is 2.11 bits per heavy atom. The number of halogens is 6. The fourth-order valence-electron chi connectivity index (χ4n) is 1.54. The van der Waals surface area contributed by atoms with Crippen LogP contribution >= 0.6 is 0 Å². The summed E-state index contributed by atoms with van der Waals surface area (Å²) in [5, 5.41) is 0. The lowest BCUT2D eigenvalue weighted by Gasteiger charge is -2.11. The zero-order valence-electron chi connectivity index (χ0n) is 9.82. The van der Waals surface area contributed by atoms with E-state index in [0.717, 1.165) is 12.1 Å². The maximum atomic E-state index is 12.4. The van der Waals surface area contributed by atoms with Gasteiger partial charge in [0.1, 0.15) is 0 Å². The van der Waals surface area contributed by atoms with Crippen molar-refractivity contribution in [2.45, 2.75) is 32.1 Å². The maximum Gasteiger partial charge on any atom is 0.416 e. The Bertz CT molecular complexity index is 472. The van der Waals surface area contributed by atoms with Gasteiger partial charge in [0.25, 0.3) is 0 Å². The Morgan fingerprint density at radius 1 is 1.11 bits per heavy atom. The van der Waals surface area contributed by atoms with Crippen molar-refractivity contribution in [2.75, 3.05) is 0 Å². The van der Waals surface area contributed by atoms with Gasteiger partial charge in [-0.1, -0.05) is 6.07 Å². The summed E-state index contributed by atoms with van der Waals surface area (Å²) in [6.45, 7) is 1.26. The average molecular weight is 284 g/mol. The molecule has 0 unspecified atom stereocenters. The number of Topliss-reactive ketones (excluding diaryl/α,β-unsaturated/α-hetero) is 1. The smallest absolute Gasteiger partial charge is 0.294 e. The van der Waals surface area contributed by atoms with Crippen LogP contribution in [-0.4, -0.2) is 12.0 Å². The third-order valence-corrected chi connectivity index (χ3v) is 2.49. The molecule has 0 saturated carbocycles. The minimum absolute atomic E-state index is 0.0157. The molecule has 0 N–H and O–H groups in total. The van der Waals surface area contributed by atoms with Crippen LogP contribution in [0.3, 0.4) is 0 Å². The molecule has 106 valence electrons. The lowest BCUT2D eigenvalue weighted by molar-refractivity contribution is -0.137. The Labute approximate surface area is 105 Å². The first-order chi connectivity index (χ1) is 8.50. The third kappa shape index (κ3) is 4.57. The van der Waals surface area contributed by atoms with Crippen molar-refractivity contribution in [3.8, 4) is 0 Å². The van der Waals surface area contributed by atoms with Crippen molar-refractivity contribution < 1.29 is 31.1 Å². The lowest BCUT2D eigenvalue weighted by Crippen LogP contribution is -2.12. The van der Waals surface area contributed by atoms with Gasteiger partial charge in [-0.05, 0) is 24.6 Å². The van der Waals surface area contributed by atoms with Crippen molar-refractivity contribution in [3.05, 3.63) is 34.9 Å². The third-order valence-electron chi connectivity index (χ3n) is 2.49. The number of aryl methyl sites for hydroxylation is 1. The normalized spacial score (nSPS) is 12.6. The molecule has 1 aromatic rings. The van der Waals surface area contributed by atoms with Crippen LogP contribution in [0.1, 0.15) is 34.3 Å². The first-order valence-corrected chi connectivity index (χ1v) is 5.28. The molecular weight excluding hydrogens is 274 g/mol. The maximum absolute atomic E-state index is 12.4. The van der Waals surface area contributed by atoms with Crippen molar-refractivity contribution in [3.63, 3.8) is 0 Å². The molecule has 7 heteroatoms. The molecule has 0 heterocycles. The van der Waals surface area contributed by atoms with E-state index in [9.17, 15) is 31.1 Å². The van der Waals surface area contributed by atoms with Crippen molar-refractivity contribution in [2.24, 2.45) is 0 Å². The van der Waals surface area contributed by atoms with Crippen LogP contribution in [0.5, 0.6) is 0 Å². The molecule has 0 bridgehead atoms. The van der Waals surface area contributed by atoms with E-state index in [1.54, 1.807) is 0 Å². The van der Waals surface area contributed by atoms with E-state index in [2.05, 4.69) is 0 Å². The van der Waals surface area contributed by atoms with E-state index in [4.69, 9.17) is 0 Å². The zero-order valence-corrected chi connectivity index (χ0v) is 9.82. The van der Waals surface area contributed by atoms with Crippen molar-refractivity contribution in [1.82, 2.24) is 0 Å². The van der Waals surface area contributed by atoms with Crippen LogP contribution in [-0.2, 0) is 6.18 Å². The number of ketones is 1. The molecule has 0 aromatic heterocycles. The Morgan fingerprint density at radius 2 is 1.68 bits per heavy atom. The van der Waals surface area contributed by atoms with Gasteiger partial charge in [0.15, 0.2) is 5.78 Å². The summed E-state index contributed by atoms with van der Waals surface area (Å²) in [6.07, 6.45) is -11.1. The predicted molar refractivity (Wildman–Crippen MR) is 55.8 cm³/mol. The highest BCUT2D eigenvalue weighted by atomic mass is 19.4. The van der Waals surface area contributed by atoms with Crippen molar-refractivity contribution >= 4 is 5.78 Å². The van der Waals surface area contributed by atoms with E-state index >= 15 is 0 Å². The van der Waals surface area contributed by atoms with Gasteiger partial charge in [-0.2, -0.15) is 26.3 Å². The molecule has 19 heavy (non-hydrogen) atoms. The molecule has 0 saturated heterocycles. The summed E-state index contributed by atoms with van der Waals surface area (Å²) in [5.41, 5.74) is -1.03. The van der Waals surface area contributed by atoms with Crippen LogP contribution in [0.4, 0.5) is 26.3 Å². The highest BCUT2D eigenvalue weighted by molar-refractivity contribution is 5.97. The SMILES string of the molecule is Cc1cc(C(F)(F)F)ccc1C(=O)CCC(F)(F)F. The molecular formula is C12H10F6O. The molecule has 0 aliphatic heterocycles. The lowest BCUT2D eigenvalue weighted by atomic mass is 9.99. The first-order valence-electron chi connectivity index (χ1n) is 5.28. The largest absolute Gasteiger partial charge is 0.416 e. The molecule has 0 atom stereocenters. The number of hydrogen-bond acceptors (Lipinski definition) is 1. The second-order valence-corrected chi connectivity index (χ2v) is 4.07. The zero-order chi connectivity index (χ0) is 14.8. The molecule has 0 fully saturated rings. The van der Waals surface area contributed by atoms with E-state index < -0.39 is 36.5 Å². The van der Waals surface area contributed by atoms with E-state index in [1.807, 2.05) is 0 Å². The molecule has 0 aliphatic carbocycles. The summed E-state index contributed by atoms with van der Waals surface area (Å²) in [4.78, 5) is 11.5. The van der Waals surface area contributed by atoms with E-state index in [0.29, 0.717) is 6.07 Å². The fourth-order valence-corrected chi connectivity index (χ4v) is 1.54. The Kier molecular flexibility index (Phi) is 4.27. The standard InChI is InChI=1S/C12H10F6O/c1-7-6-8(12(16,17)18)2-3-9(7)10(19)4-5-11(13,14)15/h2-3,6H,4-5H2,1H3. The summed E-state index contributed by atoms with van der Waals surface area (Å²) in [5.74, 6) is -0.816. The number of alkyl halides is 6. The highest BCUT2D eigenvalue weighted by Crippen LogP contribution is 2.31. The number of hydrogen-bond donors (Lipinski definition) is 0. The number of rotatable bonds is 3. The second kappa shape index (κ2) is 5.22. The highest BCUT2D eigenvalue weighted by Gasteiger charge is 2.32. The first kappa shape index (κ1) is 15.5. The van der Waals surface area contributed by atoms with Crippen LogP contribution < -0.4 is 0 Å². The van der Waals surface area contributed by atoms with Gasteiger partial charge >= 0.3 is 12.4 Å². The number of benzene rings is 1. The summed E-state index contributed by atoms with van der Waals surface area (Å²) in [7, 11) is 0. The molecule has 0 amide bonds. The molecule has 1 nitrogen and oxygen atoms in total. The minimum atomic E-state index is -4.54. The second-order valence-electron chi connectivity index (χ2n) is 4.07. The van der Waals surface area contributed by atoms with Gasteiger partial charge in [0.2, 0.25) is 0 Å². The van der Waals surface area contributed by atoms with E-state index in [-0.39, 0.29) is 11.1 Å². The van der Waals surface area contributed by atoms with Gasteiger partial charge in [-0.3, -0.25) is 4.79 Å². The minimum Gasteiger partial charge on any atom is -0.294 e. The molecule has 0 radical (unpaired) electrons. The van der Waals surface area contributed by atoms with Gasteiger partial charge < -0.3 is 0 Å². The monoisotopic (exact) mass is 284 g/mol. The quantitative estimate of drug-likeness (QED) is 0.588. The summed E-state index contributed by atoms with van der Waals surface area (Å²) >= 11 is 0. The topological polar surface area (TPSA) is 17.1 Å². The molecule has 0 spiro atoms. The molecule has 1 aromatic carbocycles. The fraction of sp³-hybridized carbons (Fsp3) is 0.417. The Hall–Kier alpha value is -1.53.